The van der Waals surface area contributed by atoms with Gasteiger partial charge in [-0.3, -0.25) is 13.7 Å². The molecule has 0 bridgehead atoms. The molecule has 0 amide bonds. The van der Waals surface area contributed by atoms with E-state index in [0.29, 0.717) is 22.5 Å². The molecule has 67 heavy (non-hydrogen) atoms. The molecule has 0 spiro atoms. The SMILES string of the molecule is CC1(C)C(/C=C/C=C/C=C2/N(CCCS(=O)(=O)O)c3cc(C(=O)O)cc(C(=O)OCCCS(=O)(=O)O)c3C2(C)C)=[N+](CCCS(=O)(=O)O)c2cc(C(=O)O)cc(C(=O)OCCCSOOO)c21. The summed E-state index contributed by atoms with van der Waals surface area (Å²) in [7, 11) is -13.2. The molecule has 2 aliphatic rings. The van der Waals surface area contributed by atoms with Crippen LogP contribution in [0.2, 0.25) is 0 Å². The third-order valence-electron chi connectivity index (χ3n) is 10.6. The molecular formula is C41H51N2O20S4+. The molecule has 22 nitrogen and oxygen atoms in total. The zero-order valence-electron chi connectivity index (χ0n) is 36.6. The molecule has 0 saturated heterocycles. The molecule has 2 aromatic carbocycles. The molecule has 2 heterocycles. The lowest BCUT2D eigenvalue weighted by Crippen LogP contribution is -2.29. The van der Waals surface area contributed by atoms with E-state index in [-0.39, 0.29) is 84.8 Å². The molecule has 0 radical (unpaired) electrons. The van der Waals surface area contributed by atoms with Crippen LogP contribution in [0.25, 0.3) is 0 Å². The summed E-state index contributed by atoms with van der Waals surface area (Å²) in [5.41, 5.74) is -0.992. The number of carbonyl (C=O) groups is 4. The summed E-state index contributed by atoms with van der Waals surface area (Å²) < 4.78 is 114. The minimum Gasteiger partial charge on any atom is -0.478 e. The van der Waals surface area contributed by atoms with Crippen LogP contribution in [0.15, 0.2) is 60.3 Å². The summed E-state index contributed by atoms with van der Waals surface area (Å²) in [6.45, 7) is 6.24. The van der Waals surface area contributed by atoms with E-state index >= 15 is 0 Å². The quantitative estimate of drug-likeness (QED) is 0.0113. The van der Waals surface area contributed by atoms with Gasteiger partial charge in [0.25, 0.3) is 30.4 Å². The number of ether oxygens (including phenoxy) is 2. The Kier molecular flexibility index (Phi) is 18.2. The van der Waals surface area contributed by atoms with Crippen molar-refractivity contribution in [3.63, 3.8) is 0 Å². The average molecular weight is 1020 g/mol. The molecule has 2 aromatic rings. The van der Waals surface area contributed by atoms with Gasteiger partial charge in [-0.1, -0.05) is 37.1 Å². The molecule has 0 aromatic heterocycles. The van der Waals surface area contributed by atoms with Crippen LogP contribution < -0.4 is 4.90 Å². The number of aromatic carboxylic acids is 2. The van der Waals surface area contributed by atoms with Gasteiger partial charge in [0.1, 0.15) is 6.54 Å². The predicted molar refractivity (Wildman–Crippen MR) is 242 cm³/mol. The highest BCUT2D eigenvalue weighted by molar-refractivity contribution is 7.94. The molecule has 4 rings (SSSR count). The first-order valence-corrected chi connectivity index (χ1v) is 26.0. The van der Waals surface area contributed by atoms with E-state index in [9.17, 15) is 63.8 Å². The van der Waals surface area contributed by atoms with Crippen molar-refractivity contribution in [2.45, 2.75) is 64.2 Å². The molecule has 0 fully saturated rings. The zero-order chi connectivity index (χ0) is 50.1. The largest absolute Gasteiger partial charge is 0.478 e. The highest BCUT2D eigenvalue weighted by Crippen LogP contribution is 2.50. The van der Waals surface area contributed by atoms with Gasteiger partial charge in [0, 0.05) is 65.3 Å². The molecule has 0 aliphatic carbocycles. The first-order valence-electron chi connectivity index (χ1n) is 20.2. The number of allylic oxidation sites excluding steroid dienone is 6. The van der Waals surface area contributed by atoms with Crippen LogP contribution >= 0.6 is 12.0 Å². The van der Waals surface area contributed by atoms with Crippen molar-refractivity contribution in [2.24, 2.45) is 0 Å². The third-order valence-corrected chi connectivity index (χ3v) is 13.7. The Balaban J connectivity index is 1.80. The fourth-order valence-electron chi connectivity index (χ4n) is 7.90. The van der Waals surface area contributed by atoms with Crippen molar-refractivity contribution < 1.29 is 97.0 Å². The van der Waals surface area contributed by atoms with Crippen molar-refractivity contribution in [2.75, 3.05) is 54.2 Å². The lowest BCUT2D eigenvalue weighted by molar-refractivity contribution is -0.437. The molecule has 0 unspecified atom stereocenters. The molecule has 2 aliphatic heterocycles. The predicted octanol–water partition coefficient (Wildman–Crippen LogP) is 4.86. The molecule has 368 valence electrons. The highest BCUT2D eigenvalue weighted by atomic mass is 32.2. The normalized spacial score (nSPS) is 16.2. The summed E-state index contributed by atoms with van der Waals surface area (Å²) in [6.07, 6.45) is 7.77. The van der Waals surface area contributed by atoms with Crippen LogP contribution in [0, 0.1) is 0 Å². The van der Waals surface area contributed by atoms with Crippen molar-refractivity contribution in [3.8, 4) is 0 Å². The number of fused-ring (bicyclic) bond motifs is 2. The maximum Gasteiger partial charge on any atom is 0.338 e. The Morgan fingerprint density at radius 3 is 1.81 bits per heavy atom. The molecule has 0 saturated carbocycles. The maximum absolute atomic E-state index is 13.6. The Labute approximate surface area is 390 Å². The fourth-order valence-corrected chi connectivity index (χ4v) is 9.72. The molecule has 0 atom stereocenters. The fraction of sp³-hybridized carbons (Fsp3) is 0.439. The maximum atomic E-state index is 13.6. The highest BCUT2D eigenvalue weighted by Gasteiger charge is 2.48. The van der Waals surface area contributed by atoms with Crippen molar-refractivity contribution in [1.29, 1.82) is 0 Å². The first-order chi connectivity index (χ1) is 31.1. The second-order valence-electron chi connectivity index (χ2n) is 16.2. The van der Waals surface area contributed by atoms with Gasteiger partial charge in [0.2, 0.25) is 5.69 Å². The van der Waals surface area contributed by atoms with E-state index in [1.165, 1.54) is 18.2 Å². The zero-order valence-corrected chi connectivity index (χ0v) is 39.9. The third kappa shape index (κ3) is 14.5. The standard InChI is InChI=1S/C41H50N2O20S4/c1-40(2)32(42(14-8-19-65(51,52)53)30-24-26(36(44)45)22-28(34(30)40)38(48)60-16-10-18-64-63-62-50)12-6-5-7-13-33-41(3,4)35-29(39(49)61-17-11-21-67(57,58)59)23-27(37(46)47)25-31(35)43(33)15-9-20-66(54,55)56/h5-7,12-13,22-25H,8-11,14-21H2,1-4H3,(H5-,44,45,46,47,50,51,52,53,54,55,56,57,58,59)/p+1. The second kappa shape index (κ2) is 22.4. The lowest BCUT2D eigenvalue weighted by atomic mass is 9.78. The number of hydrogen-bond acceptors (Lipinski definition) is 17. The van der Waals surface area contributed by atoms with Crippen LogP contribution in [0.4, 0.5) is 11.4 Å². The van der Waals surface area contributed by atoms with E-state index in [4.69, 9.17) is 19.3 Å². The van der Waals surface area contributed by atoms with Gasteiger partial charge >= 0.3 is 23.9 Å². The van der Waals surface area contributed by atoms with Gasteiger partial charge in [-0.05, 0) is 57.4 Å². The molecular weight excluding hydrogens is 969 g/mol. The van der Waals surface area contributed by atoms with Gasteiger partial charge in [0.15, 0.2) is 5.71 Å². The van der Waals surface area contributed by atoms with Crippen LogP contribution in [-0.4, -0.2) is 138 Å². The number of hydrogen-bond donors (Lipinski definition) is 6. The topological polar surface area (TPSA) is 335 Å². The van der Waals surface area contributed by atoms with Gasteiger partial charge < -0.3 is 24.6 Å². The van der Waals surface area contributed by atoms with Crippen LogP contribution in [0.1, 0.15) is 106 Å². The number of rotatable bonds is 25. The minimum absolute atomic E-state index is 0.0556. The van der Waals surface area contributed by atoms with Crippen molar-refractivity contribution in [3.05, 3.63) is 93.7 Å². The number of nitrogens with zero attached hydrogens (tertiary/aromatic N) is 2. The summed E-state index contributed by atoms with van der Waals surface area (Å²) in [6, 6.07) is 4.91. The smallest absolute Gasteiger partial charge is 0.338 e. The lowest BCUT2D eigenvalue weighted by Gasteiger charge is -2.27. The second-order valence-corrected chi connectivity index (χ2v) is 21.7. The van der Waals surface area contributed by atoms with E-state index in [1.807, 2.05) is 0 Å². The Hall–Kier alpha value is -5.03. The van der Waals surface area contributed by atoms with Crippen LogP contribution in [0.3, 0.4) is 0 Å². The van der Waals surface area contributed by atoms with E-state index < -0.39 is 88.9 Å². The number of carboxylic acids is 2. The number of esters is 2. The first kappa shape index (κ1) is 54.6. The van der Waals surface area contributed by atoms with Gasteiger partial charge in [-0.15, -0.1) is 4.33 Å². The number of anilines is 1. The Bertz CT molecular complexity index is 2720. The monoisotopic (exact) mass is 1020 g/mol. The summed E-state index contributed by atoms with van der Waals surface area (Å²) in [5.74, 6) is -6.38. The number of carbonyl (C=O) groups excluding carboxylic acids is 2. The number of benzene rings is 2. The van der Waals surface area contributed by atoms with Gasteiger partial charge in [-0.2, -0.15) is 29.8 Å². The molecule has 26 heteroatoms. The van der Waals surface area contributed by atoms with E-state index in [2.05, 4.69) is 9.37 Å². The van der Waals surface area contributed by atoms with Gasteiger partial charge in [-0.25, -0.2) is 24.4 Å². The van der Waals surface area contributed by atoms with Gasteiger partial charge in [0.05, 0.1) is 63.7 Å². The van der Waals surface area contributed by atoms with E-state index in [1.54, 1.807) is 67.6 Å². The Morgan fingerprint density at radius 2 is 1.24 bits per heavy atom. The number of carboxylic acid groups (broad SMARTS) is 2. The molecule has 6 N–H and O–H groups in total. The summed E-state index contributed by atoms with van der Waals surface area (Å²) in [4.78, 5) is 53.3. The Morgan fingerprint density at radius 1 is 0.701 bits per heavy atom. The minimum atomic E-state index is -4.43. The average Bonchev–Trinajstić information content (AvgIpc) is 3.56. The van der Waals surface area contributed by atoms with E-state index in [0.717, 1.165) is 18.1 Å². The summed E-state index contributed by atoms with van der Waals surface area (Å²) >= 11 is 0.746. The van der Waals surface area contributed by atoms with Crippen molar-refractivity contribution >= 4 is 83.4 Å². The summed E-state index contributed by atoms with van der Waals surface area (Å²) in [5, 5.41) is 31.9. The van der Waals surface area contributed by atoms with Crippen LogP contribution in [0.5, 0.6) is 0 Å². The van der Waals surface area contributed by atoms with Crippen LogP contribution in [-0.2, 0) is 60.0 Å². The van der Waals surface area contributed by atoms with Crippen molar-refractivity contribution in [1.82, 2.24) is 0 Å².